The number of sulfone groups is 1. The Morgan fingerprint density at radius 1 is 1.03 bits per heavy atom. The Morgan fingerprint density at radius 2 is 1.66 bits per heavy atom. The van der Waals surface area contributed by atoms with E-state index in [2.05, 4.69) is 10.6 Å². The van der Waals surface area contributed by atoms with Crippen LogP contribution < -0.4 is 20.1 Å². The fourth-order valence-corrected chi connectivity index (χ4v) is 5.32. The van der Waals surface area contributed by atoms with E-state index >= 15 is 0 Å². The van der Waals surface area contributed by atoms with Gasteiger partial charge in [0.25, 0.3) is 5.91 Å². The lowest BCUT2D eigenvalue weighted by molar-refractivity contribution is -0.124. The quantitative estimate of drug-likeness (QED) is 0.657. The molecule has 1 heterocycles. The standard InChI is InChI=1S/C23H28N2O6S/c1-14(2)21(25-22(26)15-11-16(30-3)13-17(12-15)31-4)23(27)24-19-9-10-32(28,29)20-8-6-5-7-18(19)20/h5-8,11-14,19,21H,9-10H2,1-4H3,(H,24,27)(H,25,26)/t19-,21+/m0/s1. The second kappa shape index (κ2) is 9.60. The van der Waals surface area contributed by atoms with Crippen LogP contribution >= 0.6 is 0 Å². The van der Waals surface area contributed by atoms with E-state index in [1.54, 1.807) is 42.5 Å². The number of amides is 2. The molecule has 0 saturated carbocycles. The molecule has 2 amide bonds. The zero-order valence-electron chi connectivity index (χ0n) is 18.5. The van der Waals surface area contributed by atoms with Crippen molar-refractivity contribution >= 4 is 21.7 Å². The smallest absolute Gasteiger partial charge is 0.252 e. The van der Waals surface area contributed by atoms with E-state index in [0.717, 1.165) is 0 Å². The average Bonchev–Trinajstić information content (AvgIpc) is 2.78. The first-order valence-corrected chi connectivity index (χ1v) is 12.0. The van der Waals surface area contributed by atoms with Gasteiger partial charge in [0.15, 0.2) is 9.84 Å². The molecule has 2 atom stereocenters. The van der Waals surface area contributed by atoms with Crippen molar-refractivity contribution in [2.24, 2.45) is 5.92 Å². The van der Waals surface area contributed by atoms with Gasteiger partial charge in [-0.25, -0.2) is 8.42 Å². The molecule has 1 aliphatic rings. The Kier molecular flexibility index (Phi) is 7.08. The number of nitrogens with one attached hydrogen (secondary N) is 2. The number of hydrogen-bond donors (Lipinski definition) is 2. The second-order valence-electron chi connectivity index (χ2n) is 8.00. The third-order valence-electron chi connectivity index (χ3n) is 5.47. The number of fused-ring (bicyclic) bond motifs is 1. The van der Waals surface area contributed by atoms with Gasteiger partial charge in [-0.3, -0.25) is 9.59 Å². The molecule has 1 aliphatic heterocycles. The molecule has 0 radical (unpaired) electrons. The summed E-state index contributed by atoms with van der Waals surface area (Å²) in [5.74, 6) is -0.142. The molecule has 3 rings (SSSR count). The average molecular weight is 461 g/mol. The Bertz CT molecular complexity index is 1090. The molecule has 8 nitrogen and oxygen atoms in total. The molecule has 9 heteroatoms. The van der Waals surface area contributed by atoms with E-state index in [4.69, 9.17) is 9.47 Å². The maximum Gasteiger partial charge on any atom is 0.252 e. The summed E-state index contributed by atoms with van der Waals surface area (Å²) in [5.41, 5.74) is 0.868. The second-order valence-corrected chi connectivity index (χ2v) is 10.1. The molecule has 172 valence electrons. The van der Waals surface area contributed by atoms with Gasteiger partial charge in [-0.2, -0.15) is 0 Å². The predicted octanol–water partition coefficient (Wildman–Crippen LogP) is 2.49. The van der Waals surface area contributed by atoms with Crippen LogP contribution in [0.1, 0.15) is 42.2 Å². The van der Waals surface area contributed by atoms with Gasteiger partial charge in [0.05, 0.1) is 30.9 Å². The number of methoxy groups -OCH3 is 2. The van der Waals surface area contributed by atoms with Gasteiger partial charge < -0.3 is 20.1 Å². The van der Waals surface area contributed by atoms with Crippen LogP contribution in [0.25, 0.3) is 0 Å². The number of rotatable bonds is 7. The van der Waals surface area contributed by atoms with E-state index in [-0.39, 0.29) is 28.9 Å². The molecule has 0 fully saturated rings. The van der Waals surface area contributed by atoms with E-state index in [0.29, 0.717) is 22.6 Å². The lowest BCUT2D eigenvalue weighted by atomic mass is 9.99. The molecule has 2 N–H and O–H groups in total. The van der Waals surface area contributed by atoms with Gasteiger partial charge in [0, 0.05) is 11.6 Å². The third-order valence-corrected chi connectivity index (χ3v) is 7.29. The van der Waals surface area contributed by atoms with Crippen LogP contribution in [0.5, 0.6) is 11.5 Å². The van der Waals surface area contributed by atoms with Gasteiger partial charge in [0.2, 0.25) is 5.91 Å². The van der Waals surface area contributed by atoms with E-state index < -0.39 is 27.8 Å². The van der Waals surface area contributed by atoms with Crippen molar-refractivity contribution in [3.8, 4) is 11.5 Å². The molecule has 0 aromatic heterocycles. The number of hydrogen-bond acceptors (Lipinski definition) is 6. The molecule has 0 saturated heterocycles. The van der Waals surface area contributed by atoms with Crippen molar-refractivity contribution < 1.29 is 27.5 Å². The number of carbonyl (C=O) groups is 2. The lowest BCUT2D eigenvalue weighted by Gasteiger charge is -2.29. The minimum absolute atomic E-state index is 0.0444. The molecular formula is C23H28N2O6S. The summed E-state index contributed by atoms with van der Waals surface area (Å²) < 4.78 is 35.1. The molecule has 0 unspecified atom stereocenters. The summed E-state index contributed by atoms with van der Waals surface area (Å²) in [7, 11) is -0.382. The van der Waals surface area contributed by atoms with Gasteiger partial charge in [-0.1, -0.05) is 32.0 Å². The largest absolute Gasteiger partial charge is 0.497 e. The van der Waals surface area contributed by atoms with E-state index in [9.17, 15) is 18.0 Å². The molecule has 0 spiro atoms. The summed E-state index contributed by atoms with van der Waals surface area (Å²) in [5, 5.41) is 5.71. The van der Waals surface area contributed by atoms with Crippen LogP contribution in [0, 0.1) is 5.92 Å². The third kappa shape index (κ3) is 5.04. The first kappa shape index (κ1) is 23.6. The van der Waals surface area contributed by atoms with Gasteiger partial charge >= 0.3 is 0 Å². The number of benzene rings is 2. The molecule has 32 heavy (non-hydrogen) atoms. The predicted molar refractivity (Wildman–Crippen MR) is 120 cm³/mol. The Morgan fingerprint density at radius 3 is 2.25 bits per heavy atom. The minimum Gasteiger partial charge on any atom is -0.497 e. The molecule has 0 bridgehead atoms. The summed E-state index contributed by atoms with van der Waals surface area (Å²) >= 11 is 0. The molecule has 2 aromatic rings. The maximum atomic E-state index is 13.1. The highest BCUT2D eigenvalue weighted by atomic mass is 32.2. The zero-order chi connectivity index (χ0) is 23.5. The van der Waals surface area contributed by atoms with Crippen LogP contribution in [-0.4, -0.2) is 46.2 Å². The SMILES string of the molecule is COc1cc(OC)cc(C(=O)N[C@@H](C(=O)N[C@H]2CCS(=O)(=O)c3ccccc32)C(C)C)c1. The number of carbonyl (C=O) groups excluding carboxylic acids is 2. The van der Waals surface area contributed by atoms with Crippen LogP contribution in [0.3, 0.4) is 0 Å². The van der Waals surface area contributed by atoms with Crippen molar-refractivity contribution in [3.63, 3.8) is 0 Å². The van der Waals surface area contributed by atoms with Crippen molar-refractivity contribution in [3.05, 3.63) is 53.6 Å². The highest BCUT2D eigenvalue weighted by Crippen LogP contribution is 2.32. The van der Waals surface area contributed by atoms with Crippen molar-refractivity contribution in [2.45, 2.75) is 37.2 Å². The first-order valence-electron chi connectivity index (χ1n) is 10.3. The fraction of sp³-hybridized carbons (Fsp3) is 0.391. The van der Waals surface area contributed by atoms with Gasteiger partial charge in [0.1, 0.15) is 17.5 Å². The van der Waals surface area contributed by atoms with Crippen LogP contribution in [0.2, 0.25) is 0 Å². The highest BCUT2D eigenvalue weighted by Gasteiger charge is 2.33. The van der Waals surface area contributed by atoms with Crippen LogP contribution in [0.4, 0.5) is 0 Å². The fourth-order valence-electron chi connectivity index (χ4n) is 3.70. The minimum atomic E-state index is -3.36. The maximum absolute atomic E-state index is 13.1. The molecule has 2 aromatic carbocycles. The lowest BCUT2D eigenvalue weighted by Crippen LogP contribution is -2.51. The van der Waals surface area contributed by atoms with E-state index in [1.807, 2.05) is 13.8 Å². The van der Waals surface area contributed by atoms with Gasteiger partial charge in [-0.05, 0) is 36.1 Å². The topological polar surface area (TPSA) is 111 Å². The Balaban J connectivity index is 1.80. The summed E-state index contributed by atoms with van der Waals surface area (Å²) in [6, 6.07) is 10.2. The van der Waals surface area contributed by atoms with Crippen LogP contribution in [-0.2, 0) is 14.6 Å². The highest BCUT2D eigenvalue weighted by molar-refractivity contribution is 7.91. The monoisotopic (exact) mass is 460 g/mol. The zero-order valence-corrected chi connectivity index (χ0v) is 19.4. The van der Waals surface area contributed by atoms with Crippen molar-refractivity contribution in [1.82, 2.24) is 10.6 Å². The van der Waals surface area contributed by atoms with Crippen molar-refractivity contribution in [2.75, 3.05) is 20.0 Å². The van der Waals surface area contributed by atoms with Crippen LogP contribution in [0.15, 0.2) is 47.4 Å². The summed E-state index contributed by atoms with van der Waals surface area (Å²) in [4.78, 5) is 26.2. The van der Waals surface area contributed by atoms with Crippen molar-refractivity contribution in [1.29, 1.82) is 0 Å². The number of ether oxygens (including phenoxy) is 2. The Labute approximate surface area is 188 Å². The van der Waals surface area contributed by atoms with Gasteiger partial charge in [-0.15, -0.1) is 0 Å². The molecule has 0 aliphatic carbocycles. The van der Waals surface area contributed by atoms with E-state index in [1.165, 1.54) is 14.2 Å². The normalized spacial score (nSPS) is 17.7. The summed E-state index contributed by atoms with van der Waals surface area (Å²) in [6.07, 6.45) is 0.275. The summed E-state index contributed by atoms with van der Waals surface area (Å²) in [6.45, 7) is 3.66. The first-order chi connectivity index (χ1) is 15.2. The Hall–Kier alpha value is -3.07. The molecular weight excluding hydrogens is 432 g/mol.